The van der Waals surface area contributed by atoms with Crippen molar-refractivity contribution in [3.05, 3.63) is 45.6 Å². The summed E-state index contributed by atoms with van der Waals surface area (Å²) in [5.74, 6) is 0.428. The number of halogens is 1. The fraction of sp³-hybridized carbons (Fsp3) is 0.267. The van der Waals surface area contributed by atoms with Crippen LogP contribution in [-0.2, 0) is 11.2 Å². The molecule has 0 N–H and O–H groups in total. The number of esters is 1. The van der Waals surface area contributed by atoms with E-state index in [0.29, 0.717) is 5.76 Å². The topological polar surface area (TPSA) is 39.4 Å². The number of carbonyl (C=O) groups is 1. The van der Waals surface area contributed by atoms with Crippen molar-refractivity contribution in [2.45, 2.75) is 20.3 Å². The Labute approximate surface area is 120 Å². The molecule has 0 fully saturated rings. The number of benzene rings is 1. The van der Waals surface area contributed by atoms with Crippen LogP contribution in [-0.4, -0.2) is 13.1 Å². The first kappa shape index (κ1) is 13.9. The van der Waals surface area contributed by atoms with Gasteiger partial charge in [0.25, 0.3) is 0 Å². The molecule has 0 saturated carbocycles. The van der Waals surface area contributed by atoms with Crippen LogP contribution in [0.15, 0.2) is 33.2 Å². The quantitative estimate of drug-likeness (QED) is 0.788. The smallest absolute Gasteiger partial charge is 0.373 e. The zero-order chi connectivity index (χ0) is 14.0. The van der Waals surface area contributed by atoms with Gasteiger partial charge in [-0.1, -0.05) is 22.9 Å². The number of aryl methyl sites for hydroxylation is 2. The van der Waals surface area contributed by atoms with Gasteiger partial charge in [-0.05, 0) is 48.7 Å². The van der Waals surface area contributed by atoms with Crippen LogP contribution in [0.1, 0.15) is 28.6 Å². The first-order valence-corrected chi connectivity index (χ1v) is 6.83. The third-order valence-electron chi connectivity index (χ3n) is 2.99. The van der Waals surface area contributed by atoms with Crippen LogP contribution in [0.4, 0.5) is 0 Å². The molecule has 0 aliphatic heterocycles. The first-order chi connectivity index (χ1) is 9.06. The largest absolute Gasteiger partial charge is 0.463 e. The fourth-order valence-electron chi connectivity index (χ4n) is 1.95. The van der Waals surface area contributed by atoms with Crippen molar-refractivity contribution in [1.29, 1.82) is 0 Å². The summed E-state index contributed by atoms with van der Waals surface area (Å²) in [6.45, 7) is 4.14. The van der Waals surface area contributed by atoms with Gasteiger partial charge in [0, 0.05) is 10.0 Å². The summed E-state index contributed by atoms with van der Waals surface area (Å²) in [4.78, 5) is 11.4. The number of hydrogen-bond donors (Lipinski definition) is 0. The molecule has 100 valence electrons. The van der Waals surface area contributed by atoms with Crippen LogP contribution in [0, 0.1) is 6.92 Å². The van der Waals surface area contributed by atoms with E-state index < -0.39 is 5.97 Å². The monoisotopic (exact) mass is 322 g/mol. The van der Waals surface area contributed by atoms with Gasteiger partial charge in [0.1, 0.15) is 5.76 Å². The van der Waals surface area contributed by atoms with E-state index in [9.17, 15) is 4.79 Å². The number of ether oxygens (including phenoxy) is 1. The van der Waals surface area contributed by atoms with Gasteiger partial charge in [-0.2, -0.15) is 0 Å². The Hall–Kier alpha value is -1.55. The molecular weight excluding hydrogens is 308 g/mol. The Bertz CT molecular complexity index is 614. The highest BCUT2D eigenvalue weighted by molar-refractivity contribution is 9.10. The van der Waals surface area contributed by atoms with Crippen LogP contribution >= 0.6 is 15.9 Å². The summed E-state index contributed by atoms with van der Waals surface area (Å²) in [6.07, 6.45) is 0.930. The lowest BCUT2D eigenvalue weighted by atomic mass is 10.0. The van der Waals surface area contributed by atoms with Crippen LogP contribution in [0.5, 0.6) is 0 Å². The van der Waals surface area contributed by atoms with Crippen molar-refractivity contribution in [2.75, 3.05) is 7.11 Å². The molecular formula is C15H15BrO3. The Balaban J connectivity index is 2.44. The van der Waals surface area contributed by atoms with Crippen molar-refractivity contribution in [3.63, 3.8) is 0 Å². The van der Waals surface area contributed by atoms with E-state index in [4.69, 9.17) is 4.42 Å². The average Bonchev–Trinajstić information content (AvgIpc) is 2.90. The van der Waals surface area contributed by atoms with E-state index in [0.717, 1.165) is 22.0 Å². The summed E-state index contributed by atoms with van der Waals surface area (Å²) < 4.78 is 11.3. The third-order valence-corrected chi connectivity index (χ3v) is 4.12. The van der Waals surface area contributed by atoms with Crippen molar-refractivity contribution in [2.24, 2.45) is 0 Å². The van der Waals surface area contributed by atoms with Gasteiger partial charge in [-0.25, -0.2) is 4.79 Å². The molecule has 1 aromatic heterocycles. The summed E-state index contributed by atoms with van der Waals surface area (Å²) >= 11 is 3.58. The molecule has 1 aromatic carbocycles. The van der Waals surface area contributed by atoms with Crippen LogP contribution in [0.3, 0.4) is 0 Å². The van der Waals surface area contributed by atoms with Gasteiger partial charge < -0.3 is 9.15 Å². The number of furan rings is 1. The van der Waals surface area contributed by atoms with E-state index >= 15 is 0 Å². The molecule has 19 heavy (non-hydrogen) atoms. The van der Waals surface area contributed by atoms with Crippen molar-refractivity contribution in [1.82, 2.24) is 0 Å². The molecule has 0 spiro atoms. The van der Waals surface area contributed by atoms with Gasteiger partial charge >= 0.3 is 5.97 Å². The normalized spacial score (nSPS) is 10.5. The summed E-state index contributed by atoms with van der Waals surface area (Å²) in [6, 6.07) is 7.51. The van der Waals surface area contributed by atoms with E-state index in [-0.39, 0.29) is 5.76 Å². The average molecular weight is 323 g/mol. The molecule has 0 saturated heterocycles. The van der Waals surface area contributed by atoms with Gasteiger partial charge in [-0.15, -0.1) is 0 Å². The van der Waals surface area contributed by atoms with E-state index in [2.05, 4.69) is 33.7 Å². The van der Waals surface area contributed by atoms with Crippen molar-refractivity contribution in [3.8, 4) is 11.3 Å². The Morgan fingerprint density at radius 3 is 2.74 bits per heavy atom. The molecule has 0 bridgehead atoms. The molecule has 0 radical (unpaired) electrons. The van der Waals surface area contributed by atoms with Crippen LogP contribution in [0.25, 0.3) is 11.3 Å². The molecule has 0 unspecified atom stereocenters. The Morgan fingerprint density at radius 1 is 1.37 bits per heavy atom. The standard InChI is InChI=1S/C15H15BrO3/c1-4-10-8-11(7-9(2)14(10)16)12-5-6-13(19-12)15(17)18-3/h5-8H,4H2,1-3H3. The predicted molar refractivity (Wildman–Crippen MR) is 77.3 cm³/mol. The third kappa shape index (κ3) is 2.73. The zero-order valence-corrected chi connectivity index (χ0v) is 12.7. The van der Waals surface area contributed by atoms with Gasteiger partial charge in [-0.3, -0.25) is 0 Å². The second-order valence-corrected chi connectivity index (χ2v) is 5.07. The molecule has 4 heteroatoms. The van der Waals surface area contributed by atoms with Gasteiger partial charge in [0.15, 0.2) is 0 Å². The lowest BCUT2D eigenvalue weighted by Gasteiger charge is -2.08. The van der Waals surface area contributed by atoms with Gasteiger partial charge in [0.05, 0.1) is 7.11 Å². The first-order valence-electron chi connectivity index (χ1n) is 6.04. The van der Waals surface area contributed by atoms with E-state index in [1.807, 2.05) is 13.0 Å². The lowest BCUT2D eigenvalue weighted by Crippen LogP contribution is -1.98. The van der Waals surface area contributed by atoms with E-state index in [1.54, 1.807) is 12.1 Å². The fourth-order valence-corrected chi connectivity index (χ4v) is 2.45. The maximum absolute atomic E-state index is 11.4. The second-order valence-electron chi connectivity index (χ2n) is 4.28. The Kier molecular flexibility index (Phi) is 4.10. The lowest BCUT2D eigenvalue weighted by molar-refractivity contribution is 0.0566. The highest BCUT2D eigenvalue weighted by atomic mass is 79.9. The molecule has 0 amide bonds. The Morgan fingerprint density at radius 2 is 2.11 bits per heavy atom. The van der Waals surface area contributed by atoms with E-state index in [1.165, 1.54) is 12.7 Å². The predicted octanol–water partition coefficient (Wildman–Crippen LogP) is 4.37. The second kappa shape index (κ2) is 5.61. The molecule has 2 rings (SSSR count). The minimum absolute atomic E-state index is 0.219. The molecule has 0 aliphatic carbocycles. The zero-order valence-electron chi connectivity index (χ0n) is 11.1. The maximum atomic E-state index is 11.4. The van der Waals surface area contributed by atoms with Crippen molar-refractivity contribution >= 4 is 21.9 Å². The van der Waals surface area contributed by atoms with Gasteiger partial charge in [0.2, 0.25) is 5.76 Å². The number of methoxy groups -OCH3 is 1. The molecule has 3 nitrogen and oxygen atoms in total. The number of carbonyl (C=O) groups excluding carboxylic acids is 1. The minimum Gasteiger partial charge on any atom is -0.463 e. The highest BCUT2D eigenvalue weighted by Crippen LogP contribution is 2.30. The van der Waals surface area contributed by atoms with Crippen LogP contribution in [0.2, 0.25) is 0 Å². The summed E-state index contributed by atoms with van der Waals surface area (Å²) in [7, 11) is 1.34. The minimum atomic E-state index is -0.462. The number of hydrogen-bond acceptors (Lipinski definition) is 3. The number of rotatable bonds is 3. The summed E-state index contributed by atoms with van der Waals surface area (Å²) in [5, 5.41) is 0. The van der Waals surface area contributed by atoms with Crippen LogP contribution < -0.4 is 0 Å². The SMILES string of the molecule is CCc1cc(-c2ccc(C(=O)OC)o2)cc(C)c1Br. The summed E-state index contributed by atoms with van der Waals surface area (Å²) in [5.41, 5.74) is 3.32. The molecule has 1 heterocycles. The molecule has 0 atom stereocenters. The highest BCUT2D eigenvalue weighted by Gasteiger charge is 2.13. The molecule has 2 aromatic rings. The maximum Gasteiger partial charge on any atom is 0.373 e. The molecule has 0 aliphatic rings. The van der Waals surface area contributed by atoms with Crippen molar-refractivity contribution < 1.29 is 13.9 Å².